The van der Waals surface area contributed by atoms with E-state index in [1.165, 1.54) is 33.4 Å². The zero-order valence-corrected chi connectivity index (χ0v) is 23.0. The van der Waals surface area contributed by atoms with Gasteiger partial charge in [0.15, 0.2) is 0 Å². The van der Waals surface area contributed by atoms with E-state index in [1.54, 1.807) is 0 Å². The third kappa shape index (κ3) is 3.52. The van der Waals surface area contributed by atoms with Gasteiger partial charge in [-0.15, -0.1) is 0 Å². The maximum atomic E-state index is 6.38. The van der Waals surface area contributed by atoms with Gasteiger partial charge in [-0.25, -0.2) is 0 Å². The lowest BCUT2D eigenvalue weighted by Gasteiger charge is -2.13. The summed E-state index contributed by atoms with van der Waals surface area (Å²) in [7, 11) is 0. The molecule has 9 rings (SSSR count). The van der Waals surface area contributed by atoms with E-state index in [4.69, 9.17) is 8.83 Å². The molecule has 0 fully saturated rings. The van der Waals surface area contributed by atoms with Crippen LogP contribution in [0.25, 0.3) is 77.3 Å². The monoisotopic (exact) mass is 544 g/mol. The second-order valence-electron chi connectivity index (χ2n) is 10.8. The highest BCUT2D eigenvalue weighted by Gasteiger charge is 2.19. The fraction of sp³-hybridized carbons (Fsp3) is 0.0526. The predicted molar refractivity (Wildman–Crippen MR) is 172 cm³/mol. The van der Waals surface area contributed by atoms with Crippen LogP contribution in [-0.4, -0.2) is 0 Å². The summed E-state index contributed by atoms with van der Waals surface area (Å²) in [4.78, 5) is 0. The highest BCUT2D eigenvalue weighted by molar-refractivity contribution is 7.97. The van der Waals surface area contributed by atoms with E-state index in [2.05, 4.69) is 97.1 Å². The van der Waals surface area contributed by atoms with Gasteiger partial charge in [0.25, 0.3) is 0 Å². The number of thioether (sulfide) groups is 1. The van der Waals surface area contributed by atoms with Crippen LogP contribution in [0.5, 0.6) is 0 Å². The van der Waals surface area contributed by atoms with Crippen molar-refractivity contribution in [2.45, 2.75) is 11.5 Å². The smallest absolute Gasteiger partial charge is 0.143 e. The van der Waals surface area contributed by atoms with Crippen LogP contribution in [0, 0.1) is 0 Å². The Bertz CT molecular complexity index is 2300. The lowest BCUT2D eigenvalue weighted by molar-refractivity contribution is 0.669. The van der Waals surface area contributed by atoms with Gasteiger partial charge in [-0.3, -0.25) is 0 Å². The Labute approximate surface area is 241 Å². The molecule has 3 heteroatoms. The van der Waals surface area contributed by atoms with Crippen molar-refractivity contribution < 1.29 is 8.83 Å². The number of hydrogen-bond donors (Lipinski definition) is 0. The van der Waals surface area contributed by atoms with Crippen molar-refractivity contribution >= 4 is 55.6 Å². The Kier molecular flexibility index (Phi) is 4.99. The number of benzene rings is 6. The van der Waals surface area contributed by atoms with E-state index in [1.807, 2.05) is 36.0 Å². The van der Waals surface area contributed by atoms with Gasteiger partial charge in [-0.05, 0) is 57.6 Å². The van der Waals surface area contributed by atoms with E-state index in [-0.39, 0.29) is 0 Å². The van der Waals surface area contributed by atoms with Crippen molar-refractivity contribution in [1.82, 2.24) is 0 Å². The minimum absolute atomic E-state index is 0.929. The van der Waals surface area contributed by atoms with Crippen molar-refractivity contribution in [1.29, 1.82) is 0 Å². The number of fused-ring (bicyclic) bond motifs is 9. The van der Waals surface area contributed by atoms with Crippen LogP contribution in [0.15, 0.2) is 130 Å². The first-order valence-corrected chi connectivity index (χ1v) is 15.1. The molecule has 6 aromatic carbocycles. The Balaban J connectivity index is 1.19. The molecule has 2 nitrogen and oxygen atoms in total. The lowest BCUT2D eigenvalue weighted by Crippen LogP contribution is -1.91. The molecule has 8 aromatic rings. The van der Waals surface area contributed by atoms with Crippen LogP contribution in [0.4, 0.5) is 0 Å². The van der Waals surface area contributed by atoms with Crippen LogP contribution < -0.4 is 0 Å². The quantitative estimate of drug-likeness (QED) is 0.216. The SMILES string of the molecule is c1ccc2c(c1)oc1c(-c3ccc4c(c3)CSCc3ccc(-c5cccc6c5oc5ccccc56)cc3-4)cccc12. The maximum Gasteiger partial charge on any atom is 0.143 e. The second kappa shape index (κ2) is 8.89. The van der Waals surface area contributed by atoms with Crippen molar-refractivity contribution in [2.75, 3.05) is 0 Å². The van der Waals surface area contributed by atoms with E-state index < -0.39 is 0 Å². The summed E-state index contributed by atoms with van der Waals surface area (Å²) in [5.41, 5.74) is 13.8. The molecule has 0 saturated heterocycles. The summed E-state index contributed by atoms with van der Waals surface area (Å²) in [6.07, 6.45) is 0. The zero-order valence-electron chi connectivity index (χ0n) is 22.2. The highest BCUT2D eigenvalue weighted by Crippen LogP contribution is 2.43. The maximum absolute atomic E-state index is 6.38. The first kappa shape index (κ1) is 23.0. The van der Waals surface area contributed by atoms with Crippen LogP contribution in [-0.2, 0) is 11.5 Å². The molecule has 0 aliphatic carbocycles. The lowest BCUT2D eigenvalue weighted by atomic mass is 9.90. The van der Waals surface area contributed by atoms with Gasteiger partial charge in [0, 0.05) is 44.2 Å². The van der Waals surface area contributed by atoms with Crippen LogP contribution in [0.2, 0.25) is 0 Å². The zero-order chi connectivity index (χ0) is 26.9. The van der Waals surface area contributed by atoms with E-state index in [0.717, 1.165) is 66.5 Å². The van der Waals surface area contributed by atoms with Crippen molar-refractivity contribution in [3.8, 4) is 33.4 Å². The van der Waals surface area contributed by atoms with Gasteiger partial charge >= 0.3 is 0 Å². The fourth-order valence-corrected chi connectivity index (χ4v) is 7.52. The van der Waals surface area contributed by atoms with Crippen molar-refractivity contribution in [3.05, 3.63) is 132 Å². The minimum atomic E-state index is 0.929. The third-order valence-corrected chi connectivity index (χ3v) is 9.48. The molecule has 0 N–H and O–H groups in total. The Hall–Kier alpha value is -4.73. The van der Waals surface area contributed by atoms with Gasteiger partial charge < -0.3 is 8.83 Å². The molecule has 0 saturated carbocycles. The molecule has 1 aliphatic rings. The topological polar surface area (TPSA) is 26.3 Å². The summed E-state index contributed by atoms with van der Waals surface area (Å²) in [5.74, 6) is 1.97. The summed E-state index contributed by atoms with van der Waals surface area (Å²) in [6, 6.07) is 43.4. The van der Waals surface area contributed by atoms with Gasteiger partial charge in [0.05, 0.1) is 0 Å². The standard InChI is InChI=1S/C38H24O2S/c1-3-13-35-30(7-1)32-11-5-9-28(37(32)39-35)23-17-18-27-26(19-23)22-41-21-25-16-15-24(20-34(25)27)29-10-6-12-33-31-8-2-4-14-36(31)40-38(29)33/h1-20H,21-22H2. The molecule has 194 valence electrons. The molecule has 0 bridgehead atoms. The van der Waals surface area contributed by atoms with Crippen LogP contribution >= 0.6 is 11.8 Å². The van der Waals surface area contributed by atoms with Crippen molar-refractivity contribution in [2.24, 2.45) is 0 Å². The van der Waals surface area contributed by atoms with E-state index in [0.29, 0.717) is 0 Å². The fourth-order valence-electron chi connectivity index (χ4n) is 6.48. The molecule has 0 radical (unpaired) electrons. The highest BCUT2D eigenvalue weighted by atomic mass is 32.2. The molecule has 0 unspecified atom stereocenters. The number of para-hydroxylation sites is 4. The molecule has 2 aromatic heterocycles. The Morgan fingerprint density at radius 3 is 1.66 bits per heavy atom. The summed E-state index contributed by atoms with van der Waals surface area (Å²) in [6.45, 7) is 0. The second-order valence-corrected chi connectivity index (χ2v) is 11.8. The molecule has 41 heavy (non-hydrogen) atoms. The first-order chi connectivity index (χ1) is 20.3. The molecular formula is C38H24O2S. The first-order valence-electron chi connectivity index (χ1n) is 14.0. The normalized spacial score (nSPS) is 13.1. The van der Waals surface area contributed by atoms with Crippen LogP contribution in [0.3, 0.4) is 0 Å². The molecule has 1 aliphatic heterocycles. The third-order valence-electron chi connectivity index (χ3n) is 8.45. The summed E-state index contributed by atoms with van der Waals surface area (Å²) in [5, 5.41) is 4.65. The molecular weight excluding hydrogens is 520 g/mol. The molecule has 0 spiro atoms. The molecule has 0 atom stereocenters. The molecule has 3 heterocycles. The van der Waals surface area contributed by atoms with Gasteiger partial charge in [-0.2, -0.15) is 11.8 Å². The molecule has 0 amide bonds. The Morgan fingerprint density at radius 2 is 0.976 bits per heavy atom. The van der Waals surface area contributed by atoms with Gasteiger partial charge in [0.1, 0.15) is 22.3 Å². The van der Waals surface area contributed by atoms with E-state index >= 15 is 0 Å². The number of furan rings is 2. The largest absolute Gasteiger partial charge is 0.455 e. The summed E-state index contributed by atoms with van der Waals surface area (Å²) < 4.78 is 12.8. The predicted octanol–water partition coefficient (Wildman–Crippen LogP) is 11.2. The van der Waals surface area contributed by atoms with Crippen LogP contribution in [0.1, 0.15) is 11.1 Å². The van der Waals surface area contributed by atoms with Crippen molar-refractivity contribution in [3.63, 3.8) is 0 Å². The number of rotatable bonds is 2. The average molecular weight is 545 g/mol. The summed E-state index contributed by atoms with van der Waals surface area (Å²) >= 11 is 1.98. The van der Waals surface area contributed by atoms with E-state index in [9.17, 15) is 0 Å². The average Bonchev–Trinajstić information content (AvgIpc) is 3.54. The number of hydrogen-bond acceptors (Lipinski definition) is 3. The van der Waals surface area contributed by atoms with Gasteiger partial charge in [0.2, 0.25) is 0 Å². The van der Waals surface area contributed by atoms with Gasteiger partial charge in [-0.1, -0.05) is 97.1 Å². The minimum Gasteiger partial charge on any atom is -0.455 e. The Morgan fingerprint density at radius 1 is 0.415 bits per heavy atom.